The van der Waals surface area contributed by atoms with E-state index >= 15 is 0 Å². The van der Waals surface area contributed by atoms with Crippen molar-refractivity contribution in [3.05, 3.63) is 12.3 Å². The van der Waals surface area contributed by atoms with Crippen LogP contribution in [0.3, 0.4) is 0 Å². The smallest absolute Gasteiger partial charge is 0.225 e. The number of anilines is 1. The quantitative estimate of drug-likeness (QED) is 0.825. The molecule has 82 valence electrons. The first kappa shape index (κ1) is 10.5. The van der Waals surface area contributed by atoms with E-state index in [1.165, 1.54) is 24.3 Å². The van der Waals surface area contributed by atoms with E-state index in [9.17, 15) is 4.79 Å². The molecule has 2 N–H and O–H groups in total. The van der Waals surface area contributed by atoms with Crippen molar-refractivity contribution in [2.45, 2.75) is 19.3 Å². The molecule has 1 aromatic heterocycles. The summed E-state index contributed by atoms with van der Waals surface area (Å²) in [6.45, 7) is 0. The summed E-state index contributed by atoms with van der Waals surface area (Å²) in [6, 6.07) is 1.76. The van der Waals surface area contributed by atoms with Crippen molar-refractivity contribution in [3.63, 3.8) is 0 Å². The van der Waals surface area contributed by atoms with E-state index in [1.807, 2.05) is 11.8 Å². The number of hydrogen-bond acceptors (Lipinski definition) is 3. The van der Waals surface area contributed by atoms with E-state index in [2.05, 4.69) is 15.5 Å². The molecule has 1 aliphatic heterocycles. The van der Waals surface area contributed by atoms with E-state index < -0.39 is 0 Å². The number of aromatic amines is 1. The lowest BCUT2D eigenvalue weighted by molar-refractivity contribution is -0.117. The van der Waals surface area contributed by atoms with Gasteiger partial charge in [0.05, 0.1) is 6.20 Å². The Bertz CT molecular complexity index is 306. The topological polar surface area (TPSA) is 57.8 Å². The molecule has 0 atom stereocenters. The first-order chi connectivity index (χ1) is 7.34. The summed E-state index contributed by atoms with van der Waals surface area (Å²) in [5, 5.41) is 9.30. The number of aromatic nitrogens is 2. The van der Waals surface area contributed by atoms with Crippen LogP contribution in [0.5, 0.6) is 0 Å². The molecule has 1 fully saturated rings. The van der Waals surface area contributed by atoms with E-state index in [-0.39, 0.29) is 5.91 Å². The summed E-state index contributed by atoms with van der Waals surface area (Å²) >= 11 is 1.98. The van der Waals surface area contributed by atoms with Crippen LogP contribution in [0, 0.1) is 5.92 Å². The summed E-state index contributed by atoms with van der Waals surface area (Å²) in [5.74, 6) is 3.74. The number of H-pyrrole nitrogens is 1. The molecule has 0 unspecified atom stereocenters. The first-order valence-corrected chi connectivity index (χ1v) is 6.37. The van der Waals surface area contributed by atoms with E-state index in [0.29, 0.717) is 18.2 Å². The number of hydrogen-bond donors (Lipinski definition) is 2. The second kappa shape index (κ2) is 5.21. The van der Waals surface area contributed by atoms with Gasteiger partial charge in [-0.3, -0.25) is 9.89 Å². The third-order valence-electron chi connectivity index (χ3n) is 2.59. The Morgan fingerprint density at radius 2 is 2.40 bits per heavy atom. The highest BCUT2D eigenvalue weighted by Crippen LogP contribution is 2.25. The minimum atomic E-state index is 0.0937. The first-order valence-electron chi connectivity index (χ1n) is 5.21. The normalized spacial score (nSPS) is 17.6. The highest BCUT2D eigenvalue weighted by molar-refractivity contribution is 7.99. The van der Waals surface area contributed by atoms with Gasteiger partial charge in [0.1, 0.15) is 5.82 Å². The maximum atomic E-state index is 11.6. The molecule has 0 spiro atoms. The molecule has 1 aliphatic rings. The number of carbonyl (C=O) groups is 1. The van der Waals surface area contributed by atoms with Gasteiger partial charge >= 0.3 is 0 Å². The summed E-state index contributed by atoms with van der Waals surface area (Å²) in [6.07, 6.45) is 4.61. The van der Waals surface area contributed by atoms with Crippen LogP contribution in [0.2, 0.25) is 0 Å². The minimum Gasteiger partial charge on any atom is -0.311 e. The van der Waals surface area contributed by atoms with Crippen LogP contribution in [-0.4, -0.2) is 27.6 Å². The molecule has 0 radical (unpaired) electrons. The Morgan fingerprint density at radius 3 is 3.07 bits per heavy atom. The molecular formula is C10H15N3OS. The van der Waals surface area contributed by atoms with Crippen LogP contribution < -0.4 is 5.32 Å². The molecule has 1 aromatic rings. The lowest BCUT2D eigenvalue weighted by Crippen LogP contribution is -2.19. The fourth-order valence-corrected chi connectivity index (χ4v) is 2.94. The number of amides is 1. The van der Waals surface area contributed by atoms with E-state index in [0.717, 1.165) is 0 Å². The fourth-order valence-electron chi connectivity index (χ4n) is 1.74. The van der Waals surface area contributed by atoms with Gasteiger partial charge in [0.25, 0.3) is 0 Å². The van der Waals surface area contributed by atoms with Crippen LogP contribution in [0.4, 0.5) is 5.82 Å². The molecule has 0 bridgehead atoms. The van der Waals surface area contributed by atoms with Gasteiger partial charge in [-0.25, -0.2) is 0 Å². The third kappa shape index (κ3) is 3.27. The number of nitrogens with zero attached hydrogens (tertiary/aromatic N) is 1. The Kier molecular flexibility index (Phi) is 3.66. The van der Waals surface area contributed by atoms with Crippen molar-refractivity contribution in [1.29, 1.82) is 0 Å². The average Bonchev–Trinajstić information content (AvgIpc) is 2.71. The van der Waals surface area contributed by atoms with Gasteiger partial charge in [0, 0.05) is 12.5 Å². The molecular weight excluding hydrogens is 210 g/mol. The Balaban J connectivity index is 1.76. The van der Waals surface area contributed by atoms with Gasteiger partial charge in [-0.1, -0.05) is 0 Å². The zero-order valence-corrected chi connectivity index (χ0v) is 9.35. The van der Waals surface area contributed by atoms with Crippen molar-refractivity contribution in [3.8, 4) is 0 Å². The average molecular weight is 225 g/mol. The SMILES string of the molecule is O=C(CC1CCSCC1)Nc1ccn[nH]1. The molecule has 2 rings (SSSR count). The largest absolute Gasteiger partial charge is 0.311 e. The zero-order valence-electron chi connectivity index (χ0n) is 8.53. The number of carbonyl (C=O) groups excluding carboxylic acids is 1. The van der Waals surface area contributed by atoms with Gasteiger partial charge < -0.3 is 5.32 Å². The van der Waals surface area contributed by atoms with Crippen molar-refractivity contribution < 1.29 is 4.79 Å². The number of nitrogens with one attached hydrogen (secondary N) is 2. The Hall–Kier alpha value is -0.970. The molecule has 15 heavy (non-hydrogen) atoms. The lowest BCUT2D eigenvalue weighted by Gasteiger charge is -2.20. The second-order valence-corrected chi connectivity index (χ2v) is 5.00. The van der Waals surface area contributed by atoms with Crippen molar-refractivity contribution >= 4 is 23.5 Å². The van der Waals surface area contributed by atoms with Gasteiger partial charge in [-0.2, -0.15) is 16.9 Å². The molecule has 5 heteroatoms. The maximum Gasteiger partial charge on any atom is 0.225 e. The number of rotatable bonds is 3. The van der Waals surface area contributed by atoms with Crippen molar-refractivity contribution in [2.24, 2.45) is 5.92 Å². The maximum absolute atomic E-state index is 11.6. The predicted octanol–water partition coefficient (Wildman–Crippen LogP) is 1.88. The van der Waals surface area contributed by atoms with Crippen LogP contribution in [0.15, 0.2) is 12.3 Å². The van der Waals surface area contributed by atoms with E-state index in [4.69, 9.17) is 0 Å². The fraction of sp³-hybridized carbons (Fsp3) is 0.600. The summed E-state index contributed by atoms with van der Waals surface area (Å²) in [7, 11) is 0. The Morgan fingerprint density at radius 1 is 1.60 bits per heavy atom. The highest BCUT2D eigenvalue weighted by atomic mass is 32.2. The lowest BCUT2D eigenvalue weighted by atomic mass is 9.98. The molecule has 0 aliphatic carbocycles. The van der Waals surface area contributed by atoms with Gasteiger partial charge in [-0.15, -0.1) is 0 Å². The Labute approximate surface area is 93.2 Å². The summed E-state index contributed by atoms with van der Waals surface area (Å²) in [4.78, 5) is 11.6. The van der Waals surface area contributed by atoms with E-state index in [1.54, 1.807) is 12.3 Å². The molecule has 2 heterocycles. The van der Waals surface area contributed by atoms with Gasteiger partial charge in [-0.05, 0) is 30.3 Å². The second-order valence-electron chi connectivity index (χ2n) is 3.78. The van der Waals surface area contributed by atoms with Crippen LogP contribution in [0.1, 0.15) is 19.3 Å². The van der Waals surface area contributed by atoms with Crippen LogP contribution in [0.25, 0.3) is 0 Å². The van der Waals surface area contributed by atoms with Crippen LogP contribution >= 0.6 is 11.8 Å². The molecule has 4 nitrogen and oxygen atoms in total. The molecule has 0 aromatic carbocycles. The van der Waals surface area contributed by atoms with Gasteiger partial charge in [0.2, 0.25) is 5.91 Å². The van der Waals surface area contributed by atoms with Crippen molar-refractivity contribution in [1.82, 2.24) is 10.2 Å². The molecule has 1 amide bonds. The third-order valence-corrected chi connectivity index (χ3v) is 3.64. The number of thioether (sulfide) groups is 1. The zero-order chi connectivity index (χ0) is 10.5. The molecule has 0 saturated carbocycles. The molecule has 1 saturated heterocycles. The monoisotopic (exact) mass is 225 g/mol. The predicted molar refractivity (Wildman–Crippen MR) is 61.9 cm³/mol. The van der Waals surface area contributed by atoms with Gasteiger partial charge in [0.15, 0.2) is 0 Å². The standard InChI is InChI=1S/C10H15N3OS/c14-10(12-9-1-4-11-13-9)7-8-2-5-15-6-3-8/h1,4,8H,2-3,5-7H2,(H2,11,12,13,14). The summed E-state index contributed by atoms with van der Waals surface area (Å²) < 4.78 is 0. The van der Waals surface area contributed by atoms with Crippen LogP contribution in [-0.2, 0) is 4.79 Å². The minimum absolute atomic E-state index is 0.0937. The van der Waals surface area contributed by atoms with Crippen molar-refractivity contribution in [2.75, 3.05) is 16.8 Å². The summed E-state index contributed by atoms with van der Waals surface area (Å²) in [5.41, 5.74) is 0. The highest BCUT2D eigenvalue weighted by Gasteiger charge is 2.17.